The Labute approximate surface area is 578 Å². The normalized spacial score (nSPS) is 18.1. The first-order valence-corrected chi connectivity index (χ1v) is 34.0. The predicted molar refractivity (Wildman–Crippen MR) is 381 cm³/mol. The van der Waals surface area contributed by atoms with Gasteiger partial charge in [-0.3, -0.25) is 24.3 Å². The standard InChI is InChI=1S/C38H46FN9O2.C37H44FN9O2/c1-37(2,3)46-19-17-45(18-20-46)24-38(4,5)22-31(41-6)36(49)47-16-10-11-26(47)23-48-35-32(34(40)42-25-43-35)33(44-48)29-15-14-28(21-30(29)39)50-27-12-8-7-9-13-27;1-36(2,3)44-17-19-45(20-18-44)37(4,5)22-30(40-6)35(48)46-16-10-11-25(46)23-47-34-31(33(39)41-24-42-34)32(43-47)28-15-14-27(21-29(28)38)49-26-12-8-7-9-13-26/h7-9,12-15,21-22,25-26H,10-11,16-20,23-24H2,1-5H3,(H2,40,42,43);7-9,12-15,21-22,24-25H,10-11,16-20,23H2,1-5H3,(H2,39,41,42)/b31-22-;30-22-/t26-;25-/m11/s1. The van der Waals surface area contributed by atoms with Gasteiger partial charge in [-0.15, -0.1) is 0 Å². The lowest BCUT2D eigenvalue weighted by molar-refractivity contribution is -0.128. The maximum absolute atomic E-state index is 15.7. The summed E-state index contributed by atoms with van der Waals surface area (Å²) in [6.45, 7) is 47.6. The first-order valence-electron chi connectivity index (χ1n) is 34.0. The summed E-state index contributed by atoms with van der Waals surface area (Å²) in [4.78, 5) is 65.9. The quantitative estimate of drug-likeness (QED) is 0.0639. The lowest BCUT2D eigenvalue weighted by Crippen LogP contribution is -2.58. The predicted octanol–water partition coefficient (Wildman–Crippen LogP) is 12.2. The number of hydrogen-bond acceptors (Lipinski definition) is 16. The lowest BCUT2D eigenvalue weighted by atomic mass is 9.90. The Balaban J connectivity index is 0.000000200. The minimum atomic E-state index is -0.532. The van der Waals surface area contributed by atoms with Crippen LogP contribution in [0.15, 0.2) is 133 Å². The Morgan fingerprint density at radius 3 is 1.34 bits per heavy atom. The number of nitrogens with zero attached hydrogens (tertiary/aromatic N) is 16. The molecule has 0 unspecified atom stereocenters. The number of rotatable bonds is 17. The Bertz CT molecular complexity index is 4370. The monoisotopic (exact) mass is 1340 g/mol. The molecule has 4 aliphatic rings. The number of aromatic nitrogens is 8. The van der Waals surface area contributed by atoms with Crippen LogP contribution in [0.25, 0.3) is 54.3 Å². The maximum Gasteiger partial charge on any atom is 0.252 e. The fourth-order valence-corrected chi connectivity index (χ4v) is 14.0. The number of ether oxygens (including phenoxy) is 2. The van der Waals surface area contributed by atoms with Crippen LogP contribution in [-0.2, 0) is 22.7 Å². The van der Waals surface area contributed by atoms with E-state index in [0.717, 1.165) is 84.6 Å². The highest BCUT2D eigenvalue weighted by molar-refractivity contribution is 6.00. The van der Waals surface area contributed by atoms with Crippen molar-refractivity contribution in [2.45, 2.75) is 137 Å². The number of nitrogens with two attached hydrogens (primary N) is 2. The van der Waals surface area contributed by atoms with Crippen molar-refractivity contribution in [1.29, 1.82) is 0 Å². The zero-order chi connectivity index (χ0) is 70.6. The summed E-state index contributed by atoms with van der Waals surface area (Å²) >= 11 is 0. The number of piperazine rings is 2. The number of nitrogen functional groups attached to an aromatic ring is 2. The third-order valence-corrected chi connectivity index (χ3v) is 19.2. The van der Waals surface area contributed by atoms with Gasteiger partial charge in [0.05, 0.1) is 49.1 Å². The van der Waals surface area contributed by atoms with Gasteiger partial charge in [-0.2, -0.15) is 10.2 Å². The van der Waals surface area contributed by atoms with E-state index in [0.29, 0.717) is 82.6 Å². The molecule has 0 spiro atoms. The summed E-state index contributed by atoms with van der Waals surface area (Å²) in [5.41, 5.74) is 14.3. The molecule has 0 aliphatic carbocycles. The van der Waals surface area contributed by atoms with E-state index in [-0.39, 0.29) is 74.5 Å². The minimum Gasteiger partial charge on any atom is -0.457 e. The number of benzene rings is 4. The van der Waals surface area contributed by atoms with Gasteiger partial charge in [-0.05, 0) is 135 Å². The fourth-order valence-electron chi connectivity index (χ4n) is 14.0. The van der Waals surface area contributed by atoms with E-state index in [1.165, 1.54) is 24.8 Å². The third kappa shape index (κ3) is 16.2. The van der Waals surface area contributed by atoms with Crippen LogP contribution in [0, 0.1) is 30.2 Å². The fraction of sp³-hybridized carbons (Fsp3) is 0.440. The van der Waals surface area contributed by atoms with Gasteiger partial charge in [-0.1, -0.05) is 62.4 Å². The Morgan fingerprint density at radius 2 is 0.939 bits per heavy atom. The molecule has 4 fully saturated rings. The Kier molecular flexibility index (Phi) is 21.0. The highest BCUT2D eigenvalue weighted by atomic mass is 19.1. The number of fused-ring (bicyclic) bond motifs is 2. The first-order chi connectivity index (χ1) is 47.2. The molecule has 22 nitrogen and oxygen atoms in total. The average molecular weight is 1350 g/mol. The summed E-state index contributed by atoms with van der Waals surface area (Å²) in [6.07, 6.45) is 9.43. The SMILES string of the molecule is [C-]#[N+]/C(=C\C(C)(C)CN1CCN(C(C)(C)C)CC1)C(=O)N1CCC[C@@H]1Cn1nc(-c2ccc(Oc3ccccc3)cc2F)c2c(N)ncnc21.[C-]#[N+]/C(=C\C(C)(C)N1CCN(C(C)(C)C)CC1)C(=O)N1CCC[C@@H]1Cn1nc(-c2ccc(Oc3ccccc3)cc2F)c2c(N)ncnc21. The smallest absolute Gasteiger partial charge is 0.252 e. The van der Waals surface area contributed by atoms with Gasteiger partial charge in [0.25, 0.3) is 11.8 Å². The van der Waals surface area contributed by atoms with Crippen molar-refractivity contribution >= 4 is 45.5 Å². The van der Waals surface area contributed by atoms with Crippen LogP contribution in [0.4, 0.5) is 20.4 Å². The van der Waals surface area contributed by atoms with Crippen LogP contribution in [0.2, 0.25) is 0 Å². The van der Waals surface area contributed by atoms with Gasteiger partial charge >= 0.3 is 0 Å². The summed E-state index contributed by atoms with van der Waals surface area (Å²) < 4.78 is 46.3. The third-order valence-electron chi connectivity index (χ3n) is 19.2. The Hall–Kier alpha value is -9.72. The number of likely N-dealkylation sites (tertiary alicyclic amines) is 2. The molecule has 4 aromatic carbocycles. The molecule has 99 heavy (non-hydrogen) atoms. The van der Waals surface area contributed by atoms with E-state index in [4.69, 9.17) is 44.3 Å². The van der Waals surface area contributed by atoms with Gasteiger partial charge in [0.2, 0.25) is 11.4 Å². The van der Waals surface area contributed by atoms with Crippen LogP contribution >= 0.6 is 0 Å². The second-order valence-corrected chi connectivity index (χ2v) is 29.2. The van der Waals surface area contributed by atoms with Crippen LogP contribution in [0.5, 0.6) is 23.0 Å². The second-order valence-electron chi connectivity index (χ2n) is 29.2. The molecule has 2 atom stereocenters. The van der Waals surface area contributed by atoms with Gasteiger partial charge in [0.1, 0.15) is 70.3 Å². The molecule has 0 radical (unpaired) electrons. The number of para-hydroxylation sites is 2. The molecule has 4 aliphatic heterocycles. The van der Waals surface area contributed by atoms with Gasteiger partial charge in [0.15, 0.2) is 11.3 Å². The first kappa shape index (κ1) is 70.6. The number of hydrogen-bond donors (Lipinski definition) is 2. The molecule has 0 saturated carbocycles. The van der Waals surface area contributed by atoms with E-state index in [1.54, 1.807) is 67.7 Å². The minimum absolute atomic E-state index is 0.100. The van der Waals surface area contributed by atoms with Crippen molar-refractivity contribution in [1.82, 2.24) is 68.9 Å². The molecule has 4 saturated heterocycles. The van der Waals surface area contributed by atoms with E-state index in [2.05, 4.69) is 118 Å². The van der Waals surface area contributed by atoms with E-state index >= 15 is 8.78 Å². The topological polar surface area (TPSA) is 220 Å². The van der Waals surface area contributed by atoms with Gasteiger partial charge in [-0.25, -0.2) is 47.8 Å². The van der Waals surface area contributed by atoms with Crippen LogP contribution < -0.4 is 20.9 Å². The molecule has 2 amide bonds. The van der Waals surface area contributed by atoms with Crippen molar-refractivity contribution in [3.8, 4) is 45.5 Å². The van der Waals surface area contributed by atoms with Crippen LogP contribution in [0.3, 0.4) is 0 Å². The van der Waals surface area contributed by atoms with Crippen molar-refractivity contribution in [3.05, 3.63) is 168 Å². The Morgan fingerprint density at radius 1 is 0.535 bits per heavy atom. The summed E-state index contributed by atoms with van der Waals surface area (Å²) in [7, 11) is 0. The lowest BCUT2D eigenvalue weighted by Gasteiger charge is -2.47. The highest BCUT2D eigenvalue weighted by Crippen LogP contribution is 2.38. The maximum atomic E-state index is 15.7. The molecule has 8 aromatic rings. The molecule has 12 rings (SSSR count). The largest absolute Gasteiger partial charge is 0.457 e. The highest BCUT2D eigenvalue weighted by Gasteiger charge is 2.38. The van der Waals surface area contributed by atoms with Gasteiger partial charge in [0, 0.05) is 112 Å². The van der Waals surface area contributed by atoms with Crippen molar-refractivity contribution in [2.24, 2.45) is 5.41 Å². The van der Waals surface area contributed by atoms with E-state index in [1.807, 2.05) is 48.6 Å². The van der Waals surface area contributed by atoms with Crippen molar-refractivity contribution in [3.63, 3.8) is 0 Å². The average Bonchev–Trinajstić information content (AvgIpc) is 1.63. The van der Waals surface area contributed by atoms with Crippen molar-refractivity contribution in [2.75, 3.05) is 83.5 Å². The molecular formula is C75H90F2N18O4. The van der Waals surface area contributed by atoms with Crippen LogP contribution in [0.1, 0.15) is 94.9 Å². The number of carbonyl (C=O) groups excluding carboxylic acids is 2. The second kappa shape index (κ2) is 29.4. The summed E-state index contributed by atoms with van der Waals surface area (Å²) in [5.74, 6) is 0.613. The molecule has 518 valence electrons. The molecule has 8 heterocycles. The van der Waals surface area contributed by atoms with Gasteiger partial charge < -0.3 is 35.6 Å². The molecule has 4 N–H and O–H groups in total. The van der Waals surface area contributed by atoms with E-state index < -0.39 is 17.2 Å². The summed E-state index contributed by atoms with van der Waals surface area (Å²) in [5, 5.41) is 10.5. The molecule has 4 aromatic heterocycles. The molecule has 0 bridgehead atoms. The zero-order valence-electron chi connectivity index (χ0n) is 58.4. The number of halogens is 2. The molecular weight excluding hydrogens is 1250 g/mol. The number of anilines is 2. The number of carbonyl (C=O) groups is 2. The zero-order valence-corrected chi connectivity index (χ0v) is 58.4. The molecule has 24 heteroatoms. The number of amides is 2. The van der Waals surface area contributed by atoms with E-state index in [9.17, 15) is 9.59 Å². The van der Waals surface area contributed by atoms with Crippen molar-refractivity contribution < 1.29 is 27.8 Å². The van der Waals surface area contributed by atoms with Crippen LogP contribution in [-0.4, -0.2) is 181 Å². The summed E-state index contributed by atoms with van der Waals surface area (Å²) in [6, 6.07) is 27.0.